The van der Waals surface area contributed by atoms with Crippen molar-refractivity contribution in [2.45, 2.75) is 45.8 Å². The summed E-state index contributed by atoms with van der Waals surface area (Å²) in [5.41, 5.74) is -2.55. The van der Waals surface area contributed by atoms with E-state index in [4.69, 9.17) is 4.74 Å². The summed E-state index contributed by atoms with van der Waals surface area (Å²) in [4.78, 5) is 24.6. The van der Waals surface area contributed by atoms with Crippen molar-refractivity contribution in [3.8, 4) is 0 Å². The summed E-state index contributed by atoms with van der Waals surface area (Å²) >= 11 is 0. The van der Waals surface area contributed by atoms with E-state index in [9.17, 15) is 18.4 Å². The van der Waals surface area contributed by atoms with Gasteiger partial charge in [-0.25, -0.2) is 13.6 Å². The zero-order valence-electron chi connectivity index (χ0n) is 13.7. The maximum Gasteiger partial charge on any atom is 0.411 e. The van der Waals surface area contributed by atoms with Gasteiger partial charge in [-0.05, 0) is 52.3 Å². The molecule has 0 aromatic heterocycles. The summed E-state index contributed by atoms with van der Waals surface area (Å²) in [5, 5.41) is 0. The van der Waals surface area contributed by atoms with E-state index in [2.05, 4.69) is 0 Å². The predicted molar refractivity (Wildman–Crippen MR) is 78.5 cm³/mol. The van der Waals surface area contributed by atoms with E-state index in [-0.39, 0.29) is 11.1 Å². The van der Waals surface area contributed by atoms with Gasteiger partial charge in [-0.1, -0.05) is 0 Å². The van der Waals surface area contributed by atoms with Crippen LogP contribution in [0.5, 0.6) is 0 Å². The Morgan fingerprint density at radius 1 is 1.18 bits per heavy atom. The molecular weight excluding hydrogens is 292 g/mol. The number of carbonyl (C=O) groups is 2. The molecule has 0 radical (unpaired) electrons. The largest absolute Gasteiger partial charge is 0.444 e. The molecule has 0 saturated carbocycles. The lowest BCUT2D eigenvalue weighted by Crippen LogP contribution is -2.48. The molecule has 0 aliphatic heterocycles. The standard InChI is InChI=1S/C16H21F2NO3/c1-10-7-13(18)11(8-12(10)17)16(5,9-20)19(6)14(21)22-15(2,3)4/h7-9H,1-6H3. The Bertz CT molecular complexity index is 596. The minimum Gasteiger partial charge on any atom is -0.444 e. The number of carbonyl (C=O) groups excluding carboxylic acids is 2. The molecule has 0 aliphatic carbocycles. The van der Waals surface area contributed by atoms with Gasteiger partial charge in [0.15, 0.2) is 0 Å². The first kappa shape index (κ1) is 18.1. The van der Waals surface area contributed by atoms with Gasteiger partial charge in [-0.3, -0.25) is 4.90 Å². The molecular formula is C16H21F2NO3. The van der Waals surface area contributed by atoms with E-state index >= 15 is 0 Å². The molecule has 0 fully saturated rings. The minimum atomic E-state index is -1.68. The molecule has 122 valence electrons. The van der Waals surface area contributed by atoms with Crippen molar-refractivity contribution in [3.63, 3.8) is 0 Å². The molecule has 1 unspecified atom stereocenters. The van der Waals surface area contributed by atoms with Crippen LogP contribution in [-0.4, -0.2) is 29.9 Å². The van der Waals surface area contributed by atoms with Gasteiger partial charge >= 0.3 is 6.09 Å². The van der Waals surface area contributed by atoms with Crippen molar-refractivity contribution in [2.75, 3.05) is 7.05 Å². The molecule has 0 saturated heterocycles. The third-order valence-electron chi connectivity index (χ3n) is 3.39. The lowest BCUT2D eigenvalue weighted by Gasteiger charge is -2.36. The van der Waals surface area contributed by atoms with Crippen molar-refractivity contribution < 1.29 is 23.1 Å². The fraction of sp³-hybridized carbons (Fsp3) is 0.500. The van der Waals surface area contributed by atoms with Gasteiger partial charge in [0.2, 0.25) is 0 Å². The number of hydrogen-bond donors (Lipinski definition) is 0. The summed E-state index contributed by atoms with van der Waals surface area (Å²) in [6.07, 6.45) is -0.410. The van der Waals surface area contributed by atoms with Crippen molar-refractivity contribution >= 4 is 12.4 Å². The molecule has 0 heterocycles. The molecule has 1 aromatic carbocycles. The smallest absolute Gasteiger partial charge is 0.411 e. The number of aldehydes is 1. The summed E-state index contributed by atoms with van der Waals surface area (Å²) in [7, 11) is 1.31. The van der Waals surface area contributed by atoms with E-state index < -0.39 is 28.9 Å². The van der Waals surface area contributed by atoms with Crippen molar-refractivity contribution in [3.05, 3.63) is 34.9 Å². The third-order valence-corrected chi connectivity index (χ3v) is 3.39. The van der Waals surface area contributed by atoms with Gasteiger partial charge in [0.05, 0.1) is 0 Å². The zero-order valence-corrected chi connectivity index (χ0v) is 13.7. The Morgan fingerprint density at radius 3 is 2.18 bits per heavy atom. The Hall–Kier alpha value is -1.98. The number of nitrogens with zero attached hydrogens (tertiary/aromatic N) is 1. The molecule has 0 bridgehead atoms. The van der Waals surface area contributed by atoms with E-state index in [0.717, 1.165) is 17.0 Å². The summed E-state index contributed by atoms with van der Waals surface area (Å²) in [6.45, 7) is 7.75. The monoisotopic (exact) mass is 313 g/mol. The molecule has 0 N–H and O–H groups in total. The first-order chi connectivity index (χ1) is 9.92. The summed E-state index contributed by atoms with van der Waals surface area (Å²) in [5.74, 6) is -1.41. The van der Waals surface area contributed by atoms with Crippen LogP contribution in [0.25, 0.3) is 0 Å². The molecule has 6 heteroatoms. The topological polar surface area (TPSA) is 46.6 Å². The number of halogens is 2. The molecule has 0 spiro atoms. The molecule has 0 aliphatic rings. The first-order valence-electron chi connectivity index (χ1n) is 6.81. The van der Waals surface area contributed by atoms with Crippen LogP contribution in [-0.2, 0) is 15.1 Å². The SMILES string of the molecule is Cc1cc(F)c(C(C)(C=O)N(C)C(=O)OC(C)(C)C)cc1F. The number of amides is 1. The molecule has 1 atom stereocenters. The summed E-state index contributed by atoms with van der Waals surface area (Å²) < 4.78 is 33.1. The quantitative estimate of drug-likeness (QED) is 0.802. The average molecular weight is 313 g/mol. The lowest BCUT2D eigenvalue weighted by atomic mass is 9.90. The molecule has 1 rings (SSSR count). The number of rotatable bonds is 3. The van der Waals surface area contributed by atoms with Crippen LogP contribution < -0.4 is 0 Å². The number of hydrogen-bond acceptors (Lipinski definition) is 3. The molecule has 1 amide bonds. The number of aryl methyl sites for hydroxylation is 1. The highest BCUT2D eigenvalue weighted by Gasteiger charge is 2.39. The fourth-order valence-corrected chi connectivity index (χ4v) is 1.88. The van der Waals surface area contributed by atoms with Crippen LogP contribution in [0.3, 0.4) is 0 Å². The van der Waals surface area contributed by atoms with Crippen LogP contribution in [0.1, 0.15) is 38.8 Å². The Morgan fingerprint density at radius 2 is 1.73 bits per heavy atom. The second kappa shape index (κ2) is 6.02. The van der Waals surface area contributed by atoms with Crippen LogP contribution >= 0.6 is 0 Å². The second-order valence-electron chi connectivity index (χ2n) is 6.39. The van der Waals surface area contributed by atoms with E-state index in [1.165, 1.54) is 20.9 Å². The molecule has 4 nitrogen and oxygen atoms in total. The van der Waals surface area contributed by atoms with Gasteiger partial charge in [0, 0.05) is 12.6 Å². The fourth-order valence-electron chi connectivity index (χ4n) is 1.88. The van der Waals surface area contributed by atoms with Gasteiger partial charge in [0.1, 0.15) is 29.1 Å². The van der Waals surface area contributed by atoms with Crippen molar-refractivity contribution in [2.24, 2.45) is 0 Å². The highest BCUT2D eigenvalue weighted by Crippen LogP contribution is 2.30. The summed E-state index contributed by atoms with van der Waals surface area (Å²) in [6, 6.07) is 1.93. The van der Waals surface area contributed by atoms with Crippen LogP contribution in [0, 0.1) is 18.6 Å². The van der Waals surface area contributed by atoms with Gasteiger partial charge in [-0.15, -0.1) is 0 Å². The van der Waals surface area contributed by atoms with Crippen LogP contribution in [0.15, 0.2) is 12.1 Å². The highest BCUT2D eigenvalue weighted by atomic mass is 19.1. The van der Waals surface area contributed by atoms with Crippen molar-refractivity contribution in [1.29, 1.82) is 0 Å². The number of ether oxygens (including phenoxy) is 1. The number of benzene rings is 1. The van der Waals surface area contributed by atoms with Gasteiger partial charge in [0.25, 0.3) is 0 Å². The van der Waals surface area contributed by atoms with Crippen molar-refractivity contribution in [1.82, 2.24) is 4.90 Å². The first-order valence-corrected chi connectivity index (χ1v) is 6.81. The Balaban J connectivity index is 3.30. The molecule has 22 heavy (non-hydrogen) atoms. The third kappa shape index (κ3) is 3.61. The Kier molecular flexibility index (Phi) is 4.95. The Labute approximate surface area is 129 Å². The van der Waals surface area contributed by atoms with Crippen LogP contribution in [0.4, 0.5) is 13.6 Å². The van der Waals surface area contributed by atoms with E-state index in [1.54, 1.807) is 20.8 Å². The predicted octanol–water partition coefficient (Wildman–Crippen LogP) is 3.55. The van der Waals surface area contributed by atoms with Gasteiger partial charge in [-0.2, -0.15) is 0 Å². The minimum absolute atomic E-state index is 0.120. The zero-order chi connectivity index (χ0) is 17.3. The highest BCUT2D eigenvalue weighted by molar-refractivity contribution is 5.78. The normalized spacial score (nSPS) is 14.2. The van der Waals surface area contributed by atoms with Gasteiger partial charge < -0.3 is 9.53 Å². The van der Waals surface area contributed by atoms with Crippen LogP contribution in [0.2, 0.25) is 0 Å². The maximum atomic E-state index is 14.2. The lowest BCUT2D eigenvalue weighted by molar-refractivity contribution is -0.117. The van der Waals surface area contributed by atoms with E-state index in [1.807, 2.05) is 0 Å². The average Bonchev–Trinajstić information content (AvgIpc) is 2.39. The maximum absolute atomic E-state index is 14.2. The molecule has 1 aromatic rings. The van der Waals surface area contributed by atoms with E-state index in [0.29, 0.717) is 6.29 Å². The number of likely N-dealkylation sites (N-methyl/N-ethyl adjacent to an activating group) is 1. The second-order valence-corrected chi connectivity index (χ2v) is 6.39.